The molecule has 1 heterocycles. The van der Waals surface area contributed by atoms with Crippen LogP contribution in [0.5, 0.6) is 0 Å². The van der Waals surface area contributed by atoms with E-state index in [-0.39, 0.29) is 18.1 Å². The molecule has 0 radical (unpaired) electrons. The summed E-state index contributed by atoms with van der Waals surface area (Å²) in [5.41, 5.74) is 1.09. The minimum atomic E-state index is -0.441. The number of amides is 1. The molecule has 0 aliphatic rings. The number of rotatable bonds is 5. The number of nitrogens with one attached hydrogen (secondary N) is 1. The van der Waals surface area contributed by atoms with Gasteiger partial charge in [-0.15, -0.1) is 0 Å². The first-order chi connectivity index (χ1) is 10.0. The number of hydrogen-bond acceptors (Lipinski definition) is 5. The third kappa shape index (κ3) is 3.07. The summed E-state index contributed by atoms with van der Waals surface area (Å²) in [4.78, 5) is 28.1. The molecule has 0 bridgehead atoms. The van der Waals surface area contributed by atoms with Gasteiger partial charge in [0.25, 0.3) is 5.69 Å². The van der Waals surface area contributed by atoms with Gasteiger partial charge in [0.2, 0.25) is 5.91 Å². The van der Waals surface area contributed by atoms with E-state index in [1.165, 1.54) is 6.07 Å². The second-order valence-electron chi connectivity index (χ2n) is 4.55. The number of nitro benzene ring substituents is 1. The molecule has 2 aromatic rings. The number of hydrogen-bond donors (Lipinski definition) is 1. The molecular formula is C14H16N4O3. The van der Waals surface area contributed by atoms with Crippen LogP contribution in [0.15, 0.2) is 30.5 Å². The lowest BCUT2D eigenvalue weighted by atomic mass is 10.1. The van der Waals surface area contributed by atoms with Gasteiger partial charge in [0, 0.05) is 25.9 Å². The summed E-state index contributed by atoms with van der Waals surface area (Å²) in [6.45, 7) is 2.63. The van der Waals surface area contributed by atoms with E-state index in [1.807, 2.05) is 6.92 Å². The molecule has 0 atom stereocenters. The smallest absolute Gasteiger partial charge is 0.278 e. The second-order valence-corrected chi connectivity index (χ2v) is 4.55. The van der Waals surface area contributed by atoms with Crippen molar-refractivity contribution in [3.63, 3.8) is 0 Å². The Morgan fingerprint density at radius 2 is 2.19 bits per heavy atom. The van der Waals surface area contributed by atoms with Crippen LogP contribution in [0.25, 0.3) is 10.9 Å². The number of nitrogens with zero attached hydrogens (tertiary/aromatic N) is 3. The van der Waals surface area contributed by atoms with Gasteiger partial charge in [-0.25, -0.2) is 0 Å². The molecule has 0 fully saturated rings. The first-order valence-electron chi connectivity index (χ1n) is 6.54. The van der Waals surface area contributed by atoms with E-state index >= 15 is 0 Å². The Labute approximate surface area is 121 Å². The normalized spacial score (nSPS) is 10.4. The number of carbonyl (C=O) groups is 1. The number of nitro groups is 1. The molecule has 7 nitrogen and oxygen atoms in total. The maximum Gasteiger partial charge on any atom is 0.278 e. The van der Waals surface area contributed by atoms with Crippen molar-refractivity contribution in [2.45, 2.75) is 6.92 Å². The van der Waals surface area contributed by atoms with Crippen LogP contribution in [0.4, 0.5) is 11.4 Å². The molecule has 21 heavy (non-hydrogen) atoms. The van der Waals surface area contributed by atoms with Gasteiger partial charge in [0.15, 0.2) is 0 Å². The van der Waals surface area contributed by atoms with Gasteiger partial charge in [-0.2, -0.15) is 0 Å². The molecule has 1 amide bonds. The summed E-state index contributed by atoms with van der Waals surface area (Å²) in [5, 5.41) is 14.5. The van der Waals surface area contributed by atoms with Crippen LogP contribution in [0, 0.1) is 10.1 Å². The fraction of sp³-hybridized carbons (Fsp3) is 0.286. The van der Waals surface area contributed by atoms with Gasteiger partial charge in [0.05, 0.1) is 22.5 Å². The third-order valence-corrected chi connectivity index (χ3v) is 3.27. The maximum atomic E-state index is 11.8. The van der Waals surface area contributed by atoms with Gasteiger partial charge in [0.1, 0.15) is 5.52 Å². The Morgan fingerprint density at radius 3 is 2.86 bits per heavy atom. The van der Waals surface area contributed by atoms with Crippen LogP contribution < -0.4 is 5.32 Å². The molecule has 0 spiro atoms. The molecule has 1 aromatic heterocycles. The number of pyridine rings is 1. The summed E-state index contributed by atoms with van der Waals surface area (Å²) in [7, 11) is 1.72. The number of non-ortho nitro benzene ring substituents is 1. The predicted octanol–water partition coefficient (Wildman–Crippen LogP) is 2.03. The van der Waals surface area contributed by atoms with E-state index in [9.17, 15) is 14.9 Å². The zero-order valence-electron chi connectivity index (χ0n) is 11.9. The largest absolute Gasteiger partial charge is 0.374 e. The third-order valence-electron chi connectivity index (χ3n) is 3.27. The van der Waals surface area contributed by atoms with Gasteiger partial charge >= 0.3 is 0 Å². The molecule has 110 valence electrons. The monoisotopic (exact) mass is 288 g/mol. The zero-order valence-corrected chi connectivity index (χ0v) is 11.9. The zero-order chi connectivity index (χ0) is 15.4. The number of likely N-dealkylation sites (N-methyl/N-ethyl adjacent to an activating group) is 1. The fourth-order valence-electron chi connectivity index (χ4n) is 1.94. The minimum absolute atomic E-state index is 0.000604. The van der Waals surface area contributed by atoms with Gasteiger partial charge < -0.3 is 10.2 Å². The van der Waals surface area contributed by atoms with E-state index in [2.05, 4.69) is 10.3 Å². The highest BCUT2D eigenvalue weighted by Crippen LogP contribution is 2.29. The SMILES string of the molecule is CCN(C)C(=O)CNc1ccc([N+](=O)[O-])c2cccnc12. The molecule has 1 aromatic carbocycles. The first-order valence-corrected chi connectivity index (χ1v) is 6.54. The molecule has 0 saturated carbocycles. The number of benzene rings is 1. The van der Waals surface area contributed by atoms with Gasteiger partial charge in [-0.05, 0) is 25.1 Å². The highest BCUT2D eigenvalue weighted by Gasteiger charge is 2.15. The molecule has 7 heteroatoms. The summed E-state index contributed by atoms with van der Waals surface area (Å²) in [6, 6.07) is 6.29. The van der Waals surface area contributed by atoms with Crippen molar-refractivity contribution < 1.29 is 9.72 Å². The summed E-state index contributed by atoms with van der Waals surface area (Å²) in [6.07, 6.45) is 1.57. The average molecular weight is 288 g/mol. The van der Waals surface area contributed by atoms with E-state index in [1.54, 1.807) is 36.3 Å². The quantitative estimate of drug-likeness (QED) is 0.671. The number of anilines is 1. The van der Waals surface area contributed by atoms with Gasteiger partial charge in [-0.3, -0.25) is 19.9 Å². The summed E-state index contributed by atoms with van der Waals surface area (Å²) < 4.78 is 0. The first kappa shape index (κ1) is 14.7. The molecule has 2 rings (SSSR count). The Bertz CT molecular complexity index is 687. The molecular weight excluding hydrogens is 272 g/mol. The maximum absolute atomic E-state index is 11.8. The number of carbonyl (C=O) groups excluding carboxylic acids is 1. The Morgan fingerprint density at radius 1 is 1.43 bits per heavy atom. The highest BCUT2D eigenvalue weighted by molar-refractivity contribution is 5.97. The second kappa shape index (κ2) is 6.17. The summed E-state index contributed by atoms with van der Waals surface area (Å²) in [5.74, 6) is -0.0556. The molecule has 0 unspecified atom stereocenters. The lowest BCUT2D eigenvalue weighted by Crippen LogP contribution is -2.31. The van der Waals surface area contributed by atoms with Crippen molar-refractivity contribution in [1.82, 2.24) is 9.88 Å². The summed E-state index contributed by atoms with van der Waals surface area (Å²) >= 11 is 0. The van der Waals surface area contributed by atoms with Crippen LogP contribution in [0.2, 0.25) is 0 Å². The standard InChI is InChI=1S/C14H16N4O3/c1-3-17(2)13(19)9-16-11-6-7-12(18(20)21)10-5-4-8-15-14(10)11/h4-8,16H,3,9H2,1-2H3. The van der Waals surface area contributed by atoms with Crippen LogP contribution in [-0.4, -0.2) is 40.9 Å². The van der Waals surface area contributed by atoms with Crippen molar-refractivity contribution in [2.75, 3.05) is 25.5 Å². The van der Waals surface area contributed by atoms with Crippen LogP contribution in [0.1, 0.15) is 6.92 Å². The van der Waals surface area contributed by atoms with Gasteiger partial charge in [-0.1, -0.05) is 0 Å². The Kier molecular flexibility index (Phi) is 4.32. The fourth-order valence-corrected chi connectivity index (χ4v) is 1.94. The number of aromatic nitrogens is 1. The van der Waals surface area contributed by atoms with Crippen LogP contribution in [0.3, 0.4) is 0 Å². The lowest BCUT2D eigenvalue weighted by Gasteiger charge is -2.15. The predicted molar refractivity (Wildman–Crippen MR) is 80.2 cm³/mol. The van der Waals surface area contributed by atoms with E-state index < -0.39 is 4.92 Å². The van der Waals surface area contributed by atoms with Crippen LogP contribution in [-0.2, 0) is 4.79 Å². The topological polar surface area (TPSA) is 88.4 Å². The van der Waals surface area contributed by atoms with Crippen molar-refractivity contribution >= 4 is 28.2 Å². The molecule has 0 aliphatic heterocycles. The molecule has 0 saturated heterocycles. The van der Waals surface area contributed by atoms with Crippen molar-refractivity contribution in [2.24, 2.45) is 0 Å². The van der Waals surface area contributed by atoms with E-state index in [0.29, 0.717) is 23.1 Å². The van der Waals surface area contributed by atoms with Crippen molar-refractivity contribution in [1.29, 1.82) is 0 Å². The molecule has 1 N–H and O–H groups in total. The van der Waals surface area contributed by atoms with E-state index in [0.717, 1.165) is 0 Å². The Hall–Kier alpha value is -2.70. The number of fused-ring (bicyclic) bond motifs is 1. The van der Waals surface area contributed by atoms with E-state index in [4.69, 9.17) is 0 Å². The average Bonchev–Trinajstić information content (AvgIpc) is 2.51. The Balaban J connectivity index is 2.32. The molecule has 0 aliphatic carbocycles. The van der Waals surface area contributed by atoms with Crippen LogP contribution >= 0.6 is 0 Å². The highest BCUT2D eigenvalue weighted by atomic mass is 16.6. The van der Waals surface area contributed by atoms with Crippen molar-refractivity contribution in [3.05, 3.63) is 40.6 Å². The lowest BCUT2D eigenvalue weighted by molar-refractivity contribution is -0.383. The minimum Gasteiger partial charge on any atom is -0.374 e. The van der Waals surface area contributed by atoms with Crippen molar-refractivity contribution in [3.8, 4) is 0 Å².